The summed E-state index contributed by atoms with van der Waals surface area (Å²) in [6.45, 7) is 1.82. The molecule has 0 radical (unpaired) electrons. The average molecular weight is 340 g/mol. The summed E-state index contributed by atoms with van der Waals surface area (Å²) >= 11 is 3.39. The summed E-state index contributed by atoms with van der Waals surface area (Å²) in [5.41, 5.74) is 0. The molecule has 1 aliphatic carbocycles. The first-order chi connectivity index (χ1) is 9.58. The summed E-state index contributed by atoms with van der Waals surface area (Å²) in [5.74, 6) is 0.797. The molecule has 110 valence electrons. The van der Waals surface area contributed by atoms with E-state index in [4.69, 9.17) is 4.74 Å². The zero-order valence-corrected chi connectivity index (χ0v) is 13.7. The van der Waals surface area contributed by atoms with Gasteiger partial charge in [0.15, 0.2) is 6.10 Å². The van der Waals surface area contributed by atoms with Crippen LogP contribution in [0.4, 0.5) is 0 Å². The second-order valence-electron chi connectivity index (χ2n) is 5.45. The monoisotopic (exact) mass is 339 g/mol. The number of likely N-dealkylation sites (N-methyl/N-ethyl adjacent to an activating group) is 1. The third kappa shape index (κ3) is 3.98. The van der Waals surface area contributed by atoms with Crippen LogP contribution in [0.5, 0.6) is 5.75 Å². The maximum absolute atomic E-state index is 12.4. The first-order valence-corrected chi connectivity index (χ1v) is 8.06. The number of hydrogen-bond donors (Lipinski definition) is 0. The van der Waals surface area contributed by atoms with Crippen LogP contribution in [0.15, 0.2) is 28.7 Å². The number of carbonyl (C=O) groups excluding carboxylic acids is 1. The number of rotatable bonds is 4. The Kier molecular flexibility index (Phi) is 5.46. The molecule has 1 aliphatic rings. The normalized spacial score (nSPS) is 17.6. The van der Waals surface area contributed by atoms with E-state index in [-0.39, 0.29) is 5.91 Å². The van der Waals surface area contributed by atoms with Gasteiger partial charge in [-0.15, -0.1) is 0 Å². The summed E-state index contributed by atoms with van der Waals surface area (Å²) in [5, 5.41) is 0. The van der Waals surface area contributed by atoms with E-state index in [2.05, 4.69) is 15.9 Å². The third-order valence-electron chi connectivity index (χ3n) is 3.94. The topological polar surface area (TPSA) is 29.5 Å². The predicted octanol–water partition coefficient (Wildman–Crippen LogP) is 4.01. The van der Waals surface area contributed by atoms with Crippen LogP contribution in [0.1, 0.15) is 39.0 Å². The molecule has 1 aromatic rings. The molecule has 0 N–H and O–H groups in total. The van der Waals surface area contributed by atoms with E-state index in [0.29, 0.717) is 6.04 Å². The third-order valence-corrected chi connectivity index (χ3v) is 4.47. The Morgan fingerprint density at radius 3 is 2.45 bits per heavy atom. The standard InChI is InChI=1S/C16H22BrNO2/c1-12(20-15-10-8-13(17)9-11-15)16(19)18(2)14-6-4-3-5-7-14/h8-12,14H,3-7H2,1-2H3. The minimum absolute atomic E-state index is 0.0693. The van der Waals surface area contributed by atoms with Crippen molar-refractivity contribution >= 4 is 21.8 Å². The van der Waals surface area contributed by atoms with Gasteiger partial charge in [-0.3, -0.25) is 4.79 Å². The molecular formula is C16H22BrNO2. The van der Waals surface area contributed by atoms with Crippen LogP contribution in [0.3, 0.4) is 0 Å². The second kappa shape index (κ2) is 7.11. The van der Waals surface area contributed by atoms with Crippen LogP contribution >= 0.6 is 15.9 Å². The lowest BCUT2D eigenvalue weighted by atomic mass is 9.94. The van der Waals surface area contributed by atoms with Crippen molar-refractivity contribution in [3.8, 4) is 5.75 Å². The van der Waals surface area contributed by atoms with Crippen molar-refractivity contribution in [1.29, 1.82) is 0 Å². The van der Waals surface area contributed by atoms with Crippen molar-refractivity contribution in [2.75, 3.05) is 7.05 Å². The molecule has 1 atom stereocenters. The zero-order valence-electron chi connectivity index (χ0n) is 12.1. The minimum atomic E-state index is -0.442. The Balaban J connectivity index is 1.92. The van der Waals surface area contributed by atoms with Gasteiger partial charge in [-0.1, -0.05) is 35.2 Å². The molecule has 0 bridgehead atoms. The van der Waals surface area contributed by atoms with Crippen molar-refractivity contribution in [2.24, 2.45) is 0 Å². The van der Waals surface area contributed by atoms with E-state index < -0.39 is 6.10 Å². The molecule has 1 amide bonds. The van der Waals surface area contributed by atoms with Crippen LogP contribution in [0, 0.1) is 0 Å². The van der Waals surface area contributed by atoms with Gasteiger partial charge in [-0.25, -0.2) is 0 Å². The van der Waals surface area contributed by atoms with E-state index in [1.54, 1.807) is 0 Å². The number of hydrogen-bond acceptors (Lipinski definition) is 2. The highest BCUT2D eigenvalue weighted by Gasteiger charge is 2.26. The number of benzene rings is 1. The Morgan fingerprint density at radius 2 is 1.85 bits per heavy atom. The molecule has 4 heteroatoms. The molecule has 3 nitrogen and oxygen atoms in total. The molecule has 0 heterocycles. The van der Waals surface area contributed by atoms with Gasteiger partial charge in [0.05, 0.1) is 0 Å². The molecule has 1 aromatic carbocycles. The first-order valence-electron chi connectivity index (χ1n) is 7.27. The van der Waals surface area contributed by atoms with Gasteiger partial charge < -0.3 is 9.64 Å². The van der Waals surface area contributed by atoms with E-state index in [1.807, 2.05) is 43.1 Å². The average Bonchev–Trinajstić information content (AvgIpc) is 2.49. The van der Waals surface area contributed by atoms with Gasteiger partial charge in [-0.05, 0) is 44.0 Å². The maximum atomic E-state index is 12.4. The summed E-state index contributed by atoms with van der Waals surface area (Å²) in [7, 11) is 1.90. The Morgan fingerprint density at radius 1 is 1.25 bits per heavy atom. The molecule has 0 spiro atoms. The van der Waals surface area contributed by atoms with Crippen molar-refractivity contribution in [3.63, 3.8) is 0 Å². The van der Waals surface area contributed by atoms with E-state index >= 15 is 0 Å². The van der Waals surface area contributed by atoms with Gasteiger partial charge in [-0.2, -0.15) is 0 Å². The fraction of sp³-hybridized carbons (Fsp3) is 0.562. The van der Waals surface area contributed by atoms with E-state index in [9.17, 15) is 4.79 Å². The quantitative estimate of drug-likeness (QED) is 0.829. The summed E-state index contributed by atoms with van der Waals surface area (Å²) in [6, 6.07) is 7.95. The number of ether oxygens (including phenoxy) is 1. The number of halogens is 1. The highest BCUT2D eigenvalue weighted by Crippen LogP contribution is 2.23. The van der Waals surface area contributed by atoms with E-state index in [1.165, 1.54) is 19.3 Å². The number of amides is 1. The fourth-order valence-corrected chi connectivity index (χ4v) is 2.97. The molecule has 1 fully saturated rings. The smallest absolute Gasteiger partial charge is 0.263 e. The van der Waals surface area contributed by atoms with Gasteiger partial charge >= 0.3 is 0 Å². The predicted molar refractivity (Wildman–Crippen MR) is 83.9 cm³/mol. The Labute approximate surface area is 129 Å². The zero-order chi connectivity index (χ0) is 14.5. The molecule has 0 saturated heterocycles. The lowest BCUT2D eigenvalue weighted by Crippen LogP contribution is -2.44. The van der Waals surface area contributed by atoms with Gasteiger partial charge in [0.25, 0.3) is 5.91 Å². The van der Waals surface area contributed by atoms with Crippen LogP contribution in [0.2, 0.25) is 0 Å². The van der Waals surface area contributed by atoms with Gasteiger partial charge in [0, 0.05) is 17.6 Å². The summed E-state index contributed by atoms with van der Waals surface area (Å²) < 4.78 is 6.73. The maximum Gasteiger partial charge on any atom is 0.263 e. The second-order valence-corrected chi connectivity index (χ2v) is 6.37. The van der Waals surface area contributed by atoms with Crippen LogP contribution in [-0.2, 0) is 4.79 Å². The van der Waals surface area contributed by atoms with Crippen molar-refractivity contribution in [3.05, 3.63) is 28.7 Å². The van der Waals surface area contributed by atoms with Gasteiger partial charge in [0.1, 0.15) is 5.75 Å². The van der Waals surface area contributed by atoms with Crippen LogP contribution in [-0.4, -0.2) is 30.0 Å². The summed E-state index contributed by atoms with van der Waals surface area (Å²) in [4.78, 5) is 14.3. The molecule has 2 rings (SSSR count). The molecule has 0 aliphatic heterocycles. The largest absolute Gasteiger partial charge is 0.481 e. The molecular weight excluding hydrogens is 318 g/mol. The molecule has 0 aromatic heterocycles. The molecule has 20 heavy (non-hydrogen) atoms. The van der Waals surface area contributed by atoms with Crippen molar-refractivity contribution < 1.29 is 9.53 Å². The first kappa shape index (κ1) is 15.4. The number of carbonyl (C=O) groups is 1. The molecule has 1 unspecified atom stereocenters. The lowest BCUT2D eigenvalue weighted by Gasteiger charge is -2.32. The van der Waals surface area contributed by atoms with Crippen molar-refractivity contribution in [2.45, 2.75) is 51.2 Å². The van der Waals surface area contributed by atoms with Crippen LogP contribution in [0.25, 0.3) is 0 Å². The Hall–Kier alpha value is -1.03. The molecule has 1 saturated carbocycles. The van der Waals surface area contributed by atoms with Crippen LogP contribution < -0.4 is 4.74 Å². The lowest BCUT2D eigenvalue weighted by molar-refractivity contribution is -0.139. The Bertz CT molecular complexity index is 440. The highest BCUT2D eigenvalue weighted by molar-refractivity contribution is 9.10. The number of nitrogens with zero attached hydrogens (tertiary/aromatic N) is 1. The highest BCUT2D eigenvalue weighted by atomic mass is 79.9. The van der Waals surface area contributed by atoms with Gasteiger partial charge in [0.2, 0.25) is 0 Å². The van der Waals surface area contributed by atoms with Crippen molar-refractivity contribution in [1.82, 2.24) is 4.90 Å². The van der Waals surface area contributed by atoms with E-state index in [0.717, 1.165) is 23.1 Å². The fourth-order valence-electron chi connectivity index (χ4n) is 2.70. The minimum Gasteiger partial charge on any atom is -0.481 e. The SMILES string of the molecule is CC(Oc1ccc(Br)cc1)C(=O)N(C)C1CCCCC1. The summed E-state index contributed by atoms with van der Waals surface area (Å²) in [6.07, 6.45) is 5.54.